The summed E-state index contributed by atoms with van der Waals surface area (Å²) in [6.45, 7) is 3.43. The number of carbonyl (C=O) groups is 1. The number of carbonyl (C=O) groups excluding carboxylic acids is 1. The van der Waals surface area contributed by atoms with Crippen LogP contribution in [0.25, 0.3) is 0 Å². The molecule has 0 aromatic heterocycles. The lowest BCUT2D eigenvalue weighted by Crippen LogP contribution is -2.08. The SMILES string of the molecule is CCCOCCOc1ccc(C=O)cc1F. The van der Waals surface area contributed by atoms with Gasteiger partial charge in [-0.1, -0.05) is 6.92 Å². The van der Waals surface area contributed by atoms with Crippen LogP contribution in [0.4, 0.5) is 4.39 Å². The van der Waals surface area contributed by atoms with Crippen molar-refractivity contribution in [3.63, 3.8) is 0 Å². The Morgan fingerprint density at radius 1 is 1.31 bits per heavy atom. The molecular formula is C12H15FO3. The minimum atomic E-state index is -0.528. The lowest BCUT2D eigenvalue weighted by Gasteiger charge is -2.07. The van der Waals surface area contributed by atoms with E-state index in [1.54, 1.807) is 0 Å². The normalized spacial score (nSPS) is 10.1. The van der Waals surface area contributed by atoms with Crippen molar-refractivity contribution in [3.8, 4) is 5.75 Å². The Morgan fingerprint density at radius 3 is 2.75 bits per heavy atom. The highest BCUT2D eigenvalue weighted by Gasteiger charge is 2.03. The van der Waals surface area contributed by atoms with Crippen LogP contribution in [0.2, 0.25) is 0 Å². The van der Waals surface area contributed by atoms with Crippen LogP contribution in [-0.4, -0.2) is 26.1 Å². The van der Waals surface area contributed by atoms with E-state index in [1.807, 2.05) is 6.92 Å². The third kappa shape index (κ3) is 3.98. The quantitative estimate of drug-likeness (QED) is 0.529. The largest absolute Gasteiger partial charge is 0.488 e. The van der Waals surface area contributed by atoms with E-state index >= 15 is 0 Å². The first-order chi connectivity index (χ1) is 7.77. The molecule has 4 heteroatoms. The third-order valence-corrected chi connectivity index (χ3v) is 1.93. The fourth-order valence-corrected chi connectivity index (χ4v) is 1.16. The summed E-state index contributed by atoms with van der Waals surface area (Å²) in [5.74, 6) is -0.384. The lowest BCUT2D eigenvalue weighted by molar-refractivity contribution is 0.0991. The maximum Gasteiger partial charge on any atom is 0.165 e. The zero-order chi connectivity index (χ0) is 11.8. The van der Waals surface area contributed by atoms with Gasteiger partial charge in [-0.25, -0.2) is 4.39 Å². The van der Waals surface area contributed by atoms with Crippen molar-refractivity contribution in [2.75, 3.05) is 19.8 Å². The molecule has 0 fully saturated rings. The number of rotatable bonds is 7. The molecule has 0 N–H and O–H groups in total. The van der Waals surface area contributed by atoms with Gasteiger partial charge in [-0.15, -0.1) is 0 Å². The van der Waals surface area contributed by atoms with Crippen molar-refractivity contribution in [1.29, 1.82) is 0 Å². The van der Waals surface area contributed by atoms with Crippen molar-refractivity contribution in [1.82, 2.24) is 0 Å². The van der Waals surface area contributed by atoms with Gasteiger partial charge in [0.15, 0.2) is 11.6 Å². The Kier molecular flexibility index (Phi) is 5.50. The number of aldehydes is 1. The standard InChI is InChI=1S/C12H15FO3/c1-2-5-15-6-7-16-12-4-3-10(9-14)8-11(12)13/h3-4,8-9H,2,5-7H2,1H3. The summed E-state index contributed by atoms with van der Waals surface area (Å²) in [4.78, 5) is 10.4. The maximum atomic E-state index is 13.3. The first-order valence-electron chi connectivity index (χ1n) is 5.23. The van der Waals surface area contributed by atoms with E-state index in [4.69, 9.17) is 9.47 Å². The Bertz CT molecular complexity index is 339. The highest BCUT2D eigenvalue weighted by molar-refractivity contribution is 5.74. The average molecular weight is 226 g/mol. The molecule has 1 rings (SSSR count). The van der Waals surface area contributed by atoms with Crippen molar-refractivity contribution in [2.24, 2.45) is 0 Å². The van der Waals surface area contributed by atoms with Crippen molar-refractivity contribution < 1.29 is 18.7 Å². The highest BCUT2D eigenvalue weighted by atomic mass is 19.1. The number of benzene rings is 1. The molecule has 0 radical (unpaired) electrons. The molecule has 0 atom stereocenters. The predicted octanol–water partition coefficient (Wildman–Crippen LogP) is 2.44. The molecule has 0 saturated heterocycles. The van der Waals surface area contributed by atoms with Gasteiger partial charge in [0, 0.05) is 12.2 Å². The Morgan fingerprint density at radius 2 is 2.12 bits per heavy atom. The fourth-order valence-electron chi connectivity index (χ4n) is 1.16. The minimum Gasteiger partial charge on any atom is -0.488 e. The van der Waals surface area contributed by atoms with Crippen LogP contribution in [0.15, 0.2) is 18.2 Å². The van der Waals surface area contributed by atoms with Gasteiger partial charge in [-0.05, 0) is 24.6 Å². The topological polar surface area (TPSA) is 35.5 Å². The molecule has 1 aromatic carbocycles. The summed E-state index contributed by atoms with van der Waals surface area (Å²) in [7, 11) is 0. The van der Waals surface area contributed by atoms with Gasteiger partial charge in [0.25, 0.3) is 0 Å². The molecule has 0 heterocycles. The maximum absolute atomic E-state index is 13.3. The lowest BCUT2D eigenvalue weighted by atomic mass is 10.2. The molecule has 1 aromatic rings. The van der Waals surface area contributed by atoms with Gasteiger partial charge in [-0.3, -0.25) is 4.79 Å². The van der Waals surface area contributed by atoms with Crippen molar-refractivity contribution in [3.05, 3.63) is 29.6 Å². The summed E-state index contributed by atoms with van der Waals surface area (Å²) < 4.78 is 23.6. The number of hydrogen-bond acceptors (Lipinski definition) is 3. The first kappa shape index (κ1) is 12.6. The molecule has 3 nitrogen and oxygen atoms in total. The van der Waals surface area contributed by atoms with Gasteiger partial charge >= 0.3 is 0 Å². The molecule has 0 saturated carbocycles. The van der Waals surface area contributed by atoms with E-state index in [0.29, 0.717) is 31.7 Å². The molecule has 0 aliphatic rings. The fraction of sp³-hybridized carbons (Fsp3) is 0.417. The minimum absolute atomic E-state index is 0.144. The van der Waals surface area contributed by atoms with E-state index in [9.17, 15) is 9.18 Å². The number of halogens is 1. The average Bonchev–Trinajstić information content (AvgIpc) is 2.30. The van der Waals surface area contributed by atoms with Gasteiger partial charge in [-0.2, -0.15) is 0 Å². The molecular weight excluding hydrogens is 211 g/mol. The second-order valence-electron chi connectivity index (χ2n) is 3.27. The first-order valence-corrected chi connectivity index (χ1v) is 5.23. The molecule has 0 spiro atoms. The third-order valence-electron chi connectivity index (χ3n) is 1.93. The summed E-state index contributed by atoms with van der Waals surface area (Å²) in [5.41, 5.74) is 0.298. The van der Waals surface area contributed by atoms with Gasteiger partial charge in [0.05, 0.1) is 6.61 Å². The van der Waals surface area contributed by atoms with Crippen molar-refractivity contribution in [2.45, 2.75) is 13.3 Å². The van der Waals surface area contributed by atoms with Crippen LogP contribution >= 0.6 is 0 Å². The molecule has 0 amide bonds. The molecule has 0 bridgehead atoms. The van der Waals surface area contributed by atoms with E-state index < -0.39 is 5.82 Å². The van der Waals surface area contributed by atoms with Crippen LogP contribution in [0.3, 0.4) is 0 Å². The molecule has 0 aliphatic heterocycles. The molecule has 88 valence electrons. The smallest absolute Gasteiger partial charge is 0.165 e. The number of ether oxygens (including phenoxy) is 2. The summed E-state index contributed by atoms with van der Waals surface area (Å²) in [5, 5.41) is 0. The zero-order valence-corrected chi connectivity index (χ0v) is 9.24. The van der Waals surface area contributed by atoms with E-state index in [0.717, 1.165) is 12.5 Å². The van der Waals surface area contributed by atoms with Gasteiger partial charge < -0.3 is 9.47 Å². The molecule has 0 unspecified atom stereocenters. The van der Waals surface area contributed by atoms with E-state index in [1.165, 1.54) is 12.1 Å². The molecule has 16 heavy (non-hydrogen) atoms. The monoisotopic (exact) mass is 226 g/mol. The summed E-state index contributed by atoms with van der Waals surface area (Å²) >= 11 is 0. The van der Waals surface area contributed by atoms with E-state index in [2.05, 4.69) is 0 Å². The summed E-state index contributed by atoms with van der Waals surface area (Å²) in [6, 6.07) is 4.10. The Labute approximate surface area is 94.2 Å². The summed E-state index contributed by atoms with van der Waals surface area (Å²) in [6.07, 6.45) is 1.54. The van der Waals surface area contributed by atoms with Crippen molar-refractivity contribution >= 4 is 6.29 Å². The zero-order valence-electron chi connectivity index (χ0n) is 9.24. The van der Waals surface area contributed by atoms with E-state index in [-0.39, 0.29) is 5.75 Å². The Hall–Kier alpha value is -1.42. The van der Waals surface area contributed by atoms with Crippen LogP contribution < -0.4 is 4.74 Å². The second-order valence-corrected chi connectivity index (χ2v) is 3.27. The predicted molar refractivity (Wildman–Crippen MR) is 58.4 cm³/mol. The number of hydrogen-bond donors (Lipinski definition) is 0. The van der Waals surface area contributed by atoms with Gasteiger partial charge in [0.1, 0.15) is 12.9 Å². The Balaban J connectivity index is 2.39. The van der Waals surface area contributed by atoms with Crippen LogP contribution in [0, 0.1) is 5.82 Å². The molecule has 0 aliphatic carbocycles. The van der Waals surface area contributed by atoms with Crippen LogP contribution in [0.5, 0.6) is 5.75 Å². The van der Waals surface area contributed by atoms with Crippen LogP contribution in [-0.2, 0) is 4.74 Å². The van der Waals surface area contributed by atoms with Crippen LogP contribution in [0.1, 0.15) is 23.7 Å². The second kappa shape index (κ2) is 6.95. The van der Waals surface area contributed by atoms with Gasteiger partial charge in [0.2, 0.25) is 0 Å². The highest BCUT2D eigenvalue weighted by Crippen LogP contribution is 2.17.